The summed E-state index contributed by atoms with van der Waals surface area (Å²) < 4.78 is 36.4. The van der Waals surface area contributed by atoms with Gasteiger partial charge in [-0.25, -0.2) is 8.42 Å². The molecule has 0 radical (unpaired) electrons. The lowest BCUT2D eigenvalue weighted by Crippen LogP contribution is -2.32. The Bertz CT molecular complexity index is 556. The van der Waals surface area contributed by atoms with Crippen molar-refractivity contribution in [3.63, 3.8) is 0 Å². The average molecular weight is 318 g/mol. The van der Waals surface area contributed by atoms with Crippen LogP contribution >= 0.6 is 11.6 Å². The van der Waals surface area contributed by atoms with Crippen LogP contribution in [0.15, 0.2) is 45.6 Å². The highest BCUT2D eigenvalue weighted by Gasteiger charge is 2.24. The Hall–Kier alpha value is -1.24. The van der Waals surface area contributed by atoms with Crippen molar-refractivity contribution >= 4 is 21.6 Å². The van der Waals surface area contributed by atoms with Crippen LogP contribution in [0.25, 0.3) is 0 Å². The fraction of sp³-hybridized carbons (Fsp3) is 0.385. The van der Waals surface area contributed by atoms with Gasteiger partial charge in [0.05, 0.1) is 31.4 Å². The molecule has 0 spiro atoms. The van der Waals surface area contributed by atoms with Crippen molar-refractivity contribution in [2.45, 2.75) is 19.5 Å². The SMILES string of the molecule is O=S(=O)(CCCCl)N(Cc1ccco1)Cc1ccco1. The van der Waals surface area contributed by atoms with Gasteiger partial charge in [0.1, 0.15) is 11.5 Å². The molecule has 0 saturated heterocycles. The highest BCUT2D eigenvalue weighted by atomic mass is 35.5. The second kappa shape index (κ2) is 6.97. The van der Waals surface area contributed by atoms with Gasteiger partial charge in [-0.3, -0.25) is 0 Å². The second-order valence-electron chi connectivity index (χ2n) is 4.29. The number of rotatable bonds is 8. The van der Waals surface area contributed by atoms with E-state index in [0.29, 0.717) is 23.8 Å². The van der Waals surface area contributed by atoms with Gasteiger partial charge < -0.3 is 8.83 Å². The quantitative estimate of drug-likeness (QED) is 0.702. The van der Waals surface area contributed by atoms with E-state index in [1.165, 1.54) is 16.8 Å². The fourth-order valence-electron chi connectivity index (χ4n) is 1.77. The molecule has 7 heteroatoms. The van der Waals surface area contributed by atoms with Gasteiger partial charge in [-0.2, -0.15) is 4.31 Å². The molecule has 0 N–H and O–H groups in total. The second-order valence-corrected chi connectivity index (χ2v) is 6.75. The molecule has 0 amide bonds. The van der Waals surface area contributed by atoms with Crippen LogP contribution in [0, 0.1) is 0 Å². The van der Waals surface area contributed by atoms with E-state index >= 15 is 0 Å². The van der Waals surface area contributed by atoms with Crippen LogP contribution in [0.1, 0.15) is 17.9 Å². The first-order valence-corrected chi connectivity index (χ1v) is 8.35. The van der Waals surface area contributed by atoms with Crippen molar-refractivity contribution in [3.8, 4) is 0 Å². The molecule has 0 atom stereocenters. The molecule has 0 unspecified atom stereocenters. The van der Waals surface area contributed by atoms with Gasteiger partial charge in [0.2, 0.25) is 10.0 Å². The Balaban J connectivity index is 2.14. The van der Waals surface area contributed by atoms with Crippen LogP contribution in [-0.2, 0) is 23.1 Å². The normalized spacial score (nSPS) is 12.1. The third-order valence-electron chi connectivity index (χ3n) is 2.75. The summed E-state index contributed by atoms with van der Waals surface area (Å²) >= 11 is 5.58. The van der Waals surface area contributed by atoms with Gasteiger partial charge >= 0.3 is 0 Å². The van der Waals surface area contributed by atoms with E-state index in [1.807, 2.05) is 0 Å². The first-order valence-electron chi connectivity index (χ1n) is 6.20. The molecule has 0 aliphatic heterocycles. The number of alkyl halides is 1. The zero-order valence-corrected chi connectivity index (χ0v) is 12.4. The third-order valence-corrected chi connectivity index (χ3v) is 4.87. The fourth-order valence-corrected chi connectivity index (χ4v) is 3.48. The van der Waals surface area contributed by atoms with Gasteiger partial charge in [-0.1, -0.05) is 0 Å². The van der Waals surface area contributed by atoms with E-state index in [-0.39, 0.29) is 18.8 Å². The third kappa shape index (κ3) is 4.13. The van der Waals surface area contributed by atoms with E-state index in [0.717, 1.165) is 0 Å². The molecular formula is C13H16ClNO4S. The molecule has 2 aromatic rings. The molecule has 2 aromatic heterocycles. The number of nitrogens with zero attached hydrogens (tertiary/aromatic N) is 1. The van der Waals surface area contributed by atoms with Crippen LogP contribution in [0.4, 0.5) is 0 Å². The molecule has 2 heterocycles. The predicted octanol–water partition coefficient (Wildman–Crippen LogP) is 2.83. The van der Waals surface area contributed by atoms with Crippen LogP contribution in [0.3, 0.4) is 0 Å². The monoisotopic (exact) mass is 317 g/mol. The van der Waals surface area contributed by atoms with Gasteiger partial charge in [0, 0.05) is 5.88 Å². The summed E-state index contributed by atoms with van der Waals surface area (Å²) in [6.07, 6.45) is 3.45. The topological polar surface area (TPSA) is 63.7 Å². The molecule has 0 bridgehead atoms. The molecule has 0 saturated carbocycles. The number of hydrogen-bond acceptors (Lipinski definition) is 4. The Morgan fingerprint density at radius 2 is 1.60 bits per heavy atom. The van der Waals surface area contributed by atoms with Crippen molar-refractivity contribution in [3.05, 3.63) is 48.3 Å². The molecular weight excluding hydrogens is 302 g/mol. The highest BCUT2D eigenvalue weighted by Crippen LogP contribution is 2.16. The van der Waals surface area contributed by atoms with E-state index < -0.39 is 10.0 Å². The lowest BCUT2D eigenvalue weighted by atomic mass is 10.4. The minimum Gasteiger partial charge on any atom is -0.468 e. The minimum atomic E-state index is -3.41. The summed E-state index contributed by atoms with van der Waals surface area (Å²) in [5, 5.41) is 0. The van der Waals surface area contributed by atoms with Crippen molar-refractivity contribution in [1.82, 2.24) is 4.31 Å². The molecule has 2 rings (SSSR count). The van der Waals surface area contributed by atoms with E-state index in [4.69, 9.17) is 20.4 Å². The molecule has 0 aromatic carbocycles. The molecule has 0 aliphatic carbocycles. The Labute approximate surface area is 123 Å². The van der Waals surface area contributed by atoms with Gasteiger partial charge in [0.25, 0.3) is 0 Å². The van der Waals surface area contributed by atoms with Gasteiger partial charge in [-0.15, -0.1) is 11.6 Å². The predicted molar refractivity (Wildman–Crippen MR) is 75.8 cm³/mol. The first-order chi connectivity index (χ1) is 9.62. The number of sulfonamides is 1. The van der Waals surface area contributed by atoms with Crippen LogP contribution in [0.5, 0.6) is 0 Å². The van der Waals surface area contributed by atoms with Crippen molar-refractivity contribution in [1.29, 1.82) is 0 Å². The van der Waals surface area contributed by atoms with E-state index in [1.54, 1.807) is 24.3 Å². The summed E-state index contributed by atoms with van der Waals surface area (Å²) in [5.74, 6) is 1.50. The summed E-state index contributed by atoms with van der Waals surface area (Å²) in [6.45, 7) is 0.358. The van der Waals surface area contributed by atoms with E-state index in [9.17, 15) is 8.42 Å². The lowest BCUT2D eigenvalue weighted by Gasteiger charge is -2.20. The van der Waals surface area contributed by atoms with Crippen LogP contribution < -0.4 is 0 Å². The summed E-state index contributed by atoms with van der Waals surface area (Å²) in [7, 11) is -3.41. The Morgan fingerprint density at radius 1 is 1.05 bits per heavy atom. The molecule has 0 aliphatic rings. The number of halogens is 1. The zero-order chi connectivity index (χ0) is 14.4. The smallest absolute Gasteiger partial charge is 0.214 e. The standard InChI is InChI=1S/C13H16ClNO4S/c14-6-3-9-20(16,17)15(10-12-4-1-7-18-12)11-13-5-2-8-19-13/h1-2,4-5,7-8H,3,6,9-11H2. The van der Waals surface area contributed by atoms with Gasteiger partial charge in [-0.05, 0) is 30.7 Å². The maximum absolute atomic E-state index is 12.3. The van der Waals surface area contributed by atoms with Crippen molar-refractivity contribution < 1.29 is 17.3 Å². The lowest BCUT2D eigenvalue weighted by molar-refractivity contribution is 0.330. The molecule has 5 nitrogen and oxygen atoms in total. The molecule has 20 heavy (non-hydrogen) atoms. The van der Waals surface area contributed by atoms with Crippen LogP contribution in [0.2, 0.25) is 0 Å². The number of hydrogen-bond donors (Lipinski definition) is 0. The van der Waals surface area contributed by atoms with Crippen molar-refractivity contribution in [2.75, 3.05) is 11.6 Å². The molecule has 0 fully saturated rings. The Morgan fingerprint density at radius 3 is 2.00 bits per heavy atom. The maximum Gasteiger partial charge on any atom is 0.214 e. The average Bonchev–Trinajstić information content (AvgIpc) is 3.09. The van der Waals surface area contributed by atoms with Gasteiger partial charge in [0.15, 0.2) is 0 Å². The molecule has 110 valence electrons. The maximum atomic E-state index is 12.3. The Kier molecular flexibility index (Phi) is 5.28. The first kappa shape index (κ1) is 15.2. The zero-order valence-electron chi connectivity index (χ0n) is 10.9. The summed E-state index contributed by atoms with van der Waals surface area (Å²) in [4.78, 5) is 0. The van der Waals surface area contributed by atoms with E-state index in [2.05, 4.69) is 0 Å². The largest absolute Gasteiger partial charge is 0.468 e. The highest BCUT2D eigenvalue weighted by molar-refractivity contribution is 7.89. The summed E-state index contributed by atoms with van der Waals surface area (Å²) in [6, 6.07) is 6.94. The minimum absolute atomic E-state index is 0.0118. The number of furan rings is 2. The van der Waals surface area contributed by atoms with Crippen molar-refractivity contribution in [2.24, 2.45) is 0 Å². The summed E-state index contributed by atoms with van der Waals surface area (Å²) in [5.41, 5.74) is 0. The van der Waals surface area contributed by atoms with Crippen LogP contribution in [-0.4, -0.2) is 24.4 Å².